The molecule has 0 saturated carbocycles. The molecule has 0 aliphatic rings. The first kappa shape index (κ1) is 13.6. The summed E-state index contributed by atoms with van der Waals surface area (Å²) >= 11 is 6.08. The molecule has 0 amide bonds. The second-order valence-electron chi connectivity index (χ2n) is 4.49. The molecule has 2 N–H and O–H groups in total. The molecular weight excluding hydrogens is 293 g/mol. The van der Waals surface area contributed by atoms with Crippen LogP contribution in [-0.4, -0.2) is 10.1 Å². The molecule has 0 aliphatic carbocycles. The summed E-state index contributed by atoms with van der Waals surface area (Å²) in [6.45, 7) is 0. The van der Waals surface area contributed by atoms with Gasteiger partial charge in [0.25, 0.3) is 5.89 Å². The van der Waals surface area contributed by atoms with Crippen LogP contribution in [0.15, 0.2) is 47.0 Å². The van der Waals surface area contributed by atoms with Crippen molar-refractivity contribution in [2.75, 3.05) is 5.73 Å². The van der Waals surface area contributed by atoms with Crippen molar-refractivity contribution in [3.8, 4) is 11.5 Å². The Hall–Kier alpha value is -2.40. The minimum absolute atomic E-state index is 0.0626. The van der Waals surface area contributed by atoms with E-state index in [2.05, 4.69) is 10.1 Å². The minimum atomic E-state index is -0.497. The molecule has 0 bridgehead atoms. The van der Waals surface area contributed by atoms with Crippen LogP contribution in [0.25, 0.3) is 11.5 Å². The number of hydrogen-bond acceptors (Lipinski definition) is 4. The Morgan fingerprint density at radius 1 is 1.14 bits per heavy atom. The Labute approximate surface area is 125 Å². The first-order valence-corrected chi connectivity index (χ1v) is 6.63. The maximum absolute atomic E-state index is 13.8. The average Bonchev–Trinajstić information content (AvgIpc) is 2.89. The summed E-state index contributed by atoms with van der Waals surface area (Å²) in [6, 6.07) is 11.8. The summed E-state index contributed by atoms with van der Waals surface area (Å²) in [4.78, 5) is 4.18. The Bertz CT molecular complexity index is 768. The molecule has 3 rings (SSSR count). The van der Waals surface area contributed by atoms with Crippen LogP contribution < -0.4 is 5.73 Å². The highest BCUT2D eigenvalue weighted by atomic mass is 35.5. The van der Waals surface area contributed by atoms with Crippen molar-refractivity contribution in [3.63, 3.8) is 0 Å². The maximum Gasteiger partial charge on any atom is 0.263 e. The lowest BCUT2D eigenvalue weighted by atomic mass is 10.1. The van der Waals surface area contributed by atoms with Gasteiger partial charge in [0.05, 0.1) is 5.56 Å². The molecule has 4 nitrogen and oxygen atoms in total. The lowest BCUT2D eigenvalue weighted by Crippen LogP contribution is -1.95. The number of aromatic nitrogens is 2. The topological polar surface area (TPSA) is 64.9 Å². The highest BCUT2D eigenvalue weighted by Gasteiger charge is 2.16. The van der Waals surface area contributed by atoms with Gasteiger partial charge in [0.1, 0.15) is 5.82 Å². The average molecular weight is 304 g/mol. The zero-order valence-electron chi connectivity index (χ0n) is 10.9. The van der Waals surface area contributed by atoms with Gasteiger partial charge < -0.3 is 10.3 Å². The normalized spacial score (nSPS) is 10.8. The van der Waals surface area contributed by atoms with Gasteiger partial charge >= 0.3 is 0 Å². The van der Waals surface area contributed by atoms with Crippen LogP contribution in [-0.2, 0) is 6.42 Å². The molecule has 106 valence electrons. The molecule has 0 radical (unpaired) electrons. The van der Waals surface area contributed by atoms with E-state index < -0.39 is 5.82 Å². The quantitative estimate of drug-likeness (QED) is 0.749. The molecule has 6 heteroatoms. The fourth-order valence-electron chi connectivity index (χ4n) is 2.01. The van der Waals surface area contributed by atoms with Crippen LogP contribution in [0.4, 0.5) is 10.1 Å². The third-order valence-corrected chi connectivity index (χ3v) is 3.40. The lowest BCUT2D eigenvalue weighted by Gasteiger charge is -2.01. The summed E-state index contributed by atoms with van der Waals surface area (Å²) < 4.78 is 18.9. The zero-order chi connectivity index (χ0) is 14.8. The van der Waals surface area contributed by atoms with E-state index in [0.29, 0.717) is 17.3 Å². The second kappa shape index (κ2) is 5.54. The summed E-state index contributed by atoms with van der Waals surface area (Å²) in [6.07, 6.45) is 0.400. The van der Waals surface area contributed by atoms with E-state index in [1.54, 1.807) is 12.1 Å². The van der Waals surface area contributed by atoms with Gasteiger partial charge in [0.2, 0.25) is 0 Å². The molecule has 1 heterocycles. The first-order valence-electron chi connectivity index (χ1n) is 6.25. The van der Waals surface area contributed by atoms with Gasteiger partial charge in [-0.1, -0.05) is 41.0 Å². The Kier molecular flexibility index (Phi) is 3.58. The lowest BCUT2D eigenvalue weighted by molar-refractivity contribution is 0.422. The van der Waals surface area contributed by atoms with Gasteiger partial charge in [0, 0.05) is 17.1 Å². The number of nitrogens with two attached hydrogens (primary N) is 1. The molecule has 0 spiro atoms. The molecular formula is C15H11ClFN3O. The third kappa shape index (κ3) is 2.73. The van der Waals surface area contributed by atoms with Crippen molar-refractivity contribution in [1.29, 1.82) is 0 Å². The number of rotatable bonds is 3. The van der Waals surface area contributed by atoms with E-state index in [1.807, 2.05) is 18.2 Å². The van der Waals surface area contributed by atoms with E-state index in [4.69, 9.17) is 21.9 Å². The van der Waals surface area contributed by atoms with E-state index >= 15 is 0 Å². The van der Waals surface area contributed by atoms with Gasteiger partial charge in [-0.25, -0.2) is 4.39 Å². The number of nitrogens with zero attached hydrogens (tertiary/aromatic N) is 2. The Morgan fingerprint density at radius 3 is 2.71 bits per heavy atom. The smallest absolute Gasteiger partial charge is 0.263 e. The van der Waals surface area contributed by atoms with Crippen LogP contribution >= 0.6 is 11.6 Å². The molecule has 21 heavy (non-hydrogen) atoms. The minimum Gasteiger partial charge on any atom is -0.398 e. The van der Waals surface area contributed by atoms with Crippen LogP contribution in [0.3, 0.4) is 0 Å². The predicted octanol–water partition coefficient (Wildman–Crippen LogP) is 3.70. The number of halogens is 2. The second-order valence-corrected chi connectivity index (χ2v) is 4.90. The standard InChI is InChI=1S/C15H11ClFN3O/c16-10-5-2-1-4-9(10)8-13-19-15(21-20-13)14-11(17)6-3-7-12(14)18/h1-7H,8,18H2. The van der Waals surface area contributed by atoms with Gasteiger partial charge in [-0.05, 0) is 23.8 Å². The maximum atomic E-state index is 13.8. The highest BCUT2D eigenvalue weighted by Crippen LogP contribution is 2.27. The van der Waals surface area contributed by atoms with Crippen LogP contribution in [0, 0.1) is 5.82 Å². The summed E-state index contributed by atoms with van der Waals surface area (Å²) in [7, 11) is 0. The van der Waals surface area contributed by atoms with Crippen molar-refractivity contribution in [2.45, 2.75) is 6.42 Å². The summed E-state index contributed by atoms with van der Waals surface area (Å²) in [5.41, 5.74) is 6.99. The fraction of sp³-hybridized carbons (Fsp3) is 0.0667. The van der Waals surface area contributed by atoms with Gasteiger partial charge in [0.15, 0.2) is 5.82 Å². The molecule has 0 fully saturated rings. The van der Waals surface area contributed by atoms with E-state index in [-0.39, 0.29) is 17.1 Å². The molecule has 2 aromatic carbocycles. The number of benzene rings is 2. The van der Waals surface area contributed by atoms with Crippen molar-refractivity contribution < 1.29 is 8.91 Å². The van der Waals surface area contributed by atoms with Gasteiger partial charge in [-0.15, -0.1) is 0 Å². The van der Waals surface area contributed by atoms with E-state index in [1.165, 1.54) is 12.1 Å². The number of hydrogen-bond donors (Lipinski definition) is 1. The van der Waals surface area contributed by atoms with Crippen molar-refractivity contribution in [2.24, 2.45) is 0 Å². The molecule has 0 atom stereocenters. The predicted molar refractivity (Wildman–Crippen MR) is 78.4 cm³/mol. The zero-order valence-corrected chi connectivity index (χ0v) is 11.6. The van der Waals surface area contributed by atoms with Crippen LogP contribution in [0.2, 0.25) is 5.02 Å². The van der Waals surface area contributed by atoms with Crippen molar-refractivity contribution >= 4 is 17.3 Å². The Morgan fingerprint density at radius 2 is 1.95 bits per heavy atom. The van der Waals surface area contributed by atoms with Gasteiger partial charge in [-0.3, -0.25) is 0 Å². The van der Waals surface area contributed by atoms with Crippen molar-refractivity contribution in [3.05, 3.63) is 64.7 Å². The molecule has 3 aromatic rings. The Balaban J connectivity index is 1.92. The van der Waals surface area contributed by atoms with E-state index in [9.17, 15) is 4.39 Å². The van der Waals surface area contributed by atoms with Crippen LogP contribution in [0.1, 0.15) is 11.4 Å². The molecule has 0 saturated heterocycles. The molecule has 0 unspecified atom stereocenters. The highest BCUT2D eigenvalue weighted by molar-refractivity contribution is 6.31. The summed E-state index contributed by atoms with van der Waals surface area (Å²) in [5.74, 6) is -0.0173. The number of anilines is 1. The molecule has 0 aliphatic heterocycles. The van der Waals surface area contributed by atoms with Crippen molar-refractivity contribution in [1.82, 2.24) is 10.1 Å². The largest absolute Gasteiger partial charge is 0.398 e. The van der Waals surface area contributed by atoms with Crippen LogP contribution in [0.5, 0.6) is 0 Å². The monoisotopic (exact) mass is 303 g/mol. The third-order valence-electron chi connectivity index (χ3n) is 3.03. The number of nitrogen functional groups attached to an aromatic ring is 1. The summed E-state index contributed by atoms with van der Waals surface area (Å²) in [5, 5.41) is 4.46. The van der Waals surface area contributed by atoms with Gasteiger partial charge in [-0.2, -0.15) is 4.98 Å². The molecule has 1 aromatic heterocycles. The SMILES string of the molecule is Nc1cccc(F)c1-c1nc(Cc2ccccc2Cl)no1. The van der Waals surface area contributed by atoms with E-state index in [0.717, 1.165) is 5.56 Å². The first-order chi connectivity index (χ1) is 10.1. The fourth-order valence-corrected chi connectivity index (χ4v) is 2.21.